The molecule has 4 heteroatoms. The highest BCUT2D eigenvalue weighted by atomic mass is 16.5. The second-order valence-electron chi connectivity index (χ2n) is 7.30. The van der Waals surface area contributed by atoms with E-state index in [2.05, 4.69) is 30.8 Å². The Kier molecular flexibility index (Phi) is 3.40. The van der Waals surface area contributed by atoms with Crippen molar-refractivity contribution < 1.29 is 13.9 Å². The van der Waals surface area contributed by atoms with Gasteiger partial charge in [-0.1, -0.05) is 20.8 Å². The number of nitrogens with one attached hydrogen (secondary N) is 1. The maximum atomic E-state index is 11.4. The maximum Gasteiger partial charge on any atom is 0.373 e. The number of hydrogen-bond donors (Lipinski definition) is 1. The summed E-state index contributed by atoms with van der Waals surface area (Å²) in [5.41, 5.74) is 0.764. The largest absolute Gasteiger partial charge is 0.463 e. The molecule has 0 amide bonds. The molecule has 3 unspecified atom stereocenters. The number of furan rings is 1. The van der Waals surface area contributed by atoms with Gasteiger partial charge in [-0.2, -0.15) is 0 Å². The normalized spacial score (nSPS) is 33.3. The van der Waals surface area contributed by atoms with Gasteiger partial charge in [0.1, 0.15) is 5.76 Å². The number of carbonyl (C=O) groups is 1. The Bertz CT molecular complexity index is 548. The highest BCUT2D eigenvalue weighted by molar-refractivity contribution is 5.86. The molecule has 21 heavy (non-hydrogen) atoms. The van der Waals surface area contributed by atoms with Gasteiger partial charge in [0.15, 0.2) is 0 Å². The van der Waals surface area contributed by atoms with Crippen molar-refractivity contribution in [3.8, 4) is 0 Å². The Morgan fingerprint density at radius 3 is 2.76 bits per heavy atom. The van der Waals surface area contributed by atoms with E-state index in [9.17, 15) is 4.79 Å². The maximum absolute atomic E-state index is 11.4. The molecule has 116 valence electrons. The number of carbonyl (C=O) groups excluding carboxylic acids is 1. The molecule has 2 aliphatic rings. The van der Waals surface area contributed by atoms with Crippen LogP contribution in [0.1, 0.15) is 56.3 Å². The minimum Gasteiger partial charge on any atom is -0.463 e. The molecule has 2 bridgehead atoms. The van der Waals surface area contributed by atoms with Crippen molar-refractivity contribution in [2.45, 2.75) is 52.6 Å². The Morgan fingerprint density at radius 2 is 2.19 bits per heavy atom. The van der Waals surface area contributed by atoms with Gasteiger partial charge in [0.2, 0.25) is 5.76 Å². The SMILES string of the molecule is COC(=O)c1ccc(CNC2CC3CCC2(C)C3(C)C)o1. The third kappa shape index (κ3) is 2.11. The third-order valence-corrected chi connectivity index (χ3v) is 6.36. The zero-order valence-corrected chi connectivity index (χ0v) is 13.4. The lowest BCUT2D eigenvalue weighted by atomic mass is 9.69. The molecule has 2 fully saturated rings. The fourth-order valence-electron chi connectivity index (χ4n) is 4.42. The van der Waals surface area contributed by atoms with Crippen molar-refractivity contribution >= 4 is 5.97 Å². The van der Waals surface area contributed by atoms with E-state index in [1.54, 1.807) is 6.07 Å². The molecular weight excluding hydrogens is 266 g/mol. The van der Waals surface area contributed by atoms with Crippen LogP contribution in [0.3, 0.4) is 0 Å². The Labute approximate surface area is 126 Å². The Hall–Kier alpha value is -1.29. The van der Waals surface area contributed by atoms with Crippen LogP contribution in [0.15, 0.2) is 16.5 Å². The van der Waals surface area contributed by atoms with Gasteiger partial charge in [-0.25, -0.2) is 4.79 Å². The predicted molar refractivity (Wildman–Crippen MR) is 79.9 cm³/mol. The molecule has 0 aliphatic heterocycles. The van der Waals surface area contributed by atoms with Crippen LogP contribution in [0.2, 0.25) is 0 Å². The molecule has 1 N–H and O–H groups in total. The topological polar surface area (TPSA) is 51.5 Å². The molecule has 2 saturated carbocycles. The van der Waals surface area contributed by atoms with Crippen LogP contribution in [0, 0.1) is 16.7 Å². The Balaban J connectivity index is 1.64. The van der Waals surface area contributed by atoms with Crippen LogP contribution >= 0.6 is 0 Å². The molecule has 1 aromatic heterocycles. The van der Waals surface area contributed by atoms with Gasteiger partial charge in [0.25, 0.3) is 0 Å². The van der Waals surface area contributed by atoms with E-state index in [0.717, 1.165) is 11.7 Å². The summed E-state index contributed by atoms with van der Waals surface area (Å²) < 4.78 is 10.2. The fraction of sp³-hybridized carbons (Fsp3) is 0.706. The standard InChI is InChI=1S/C17H25NO3/c1-16(2)11-7-8-17(16,3)14(9-11)18-10-12-5-6-13(21-12)15(19)20-4/h5-6,11,14,18H,7-10H2,1-4H3. The number of esters is 1. The molecule has 3 rings (SSSR count). The first-order valence-electron chi connectivity index (χ1n) is 7.79. The summed E-state index contributed by atoms with van der Waals surface area (Å²) in [6, 6.07) is 4.05. The number of methoxy groups -OCH3 is 1. The minimum absolute atomic E-state index is 0.272. The summed E-state index contributed by atoms with van der Waals surface area (Å²) in [5.74, 6) is 1.46. The fourth-order valence-corrected chi connectivity index (χ4v) is 4.42. The van der Waals surface area contributed by atoms with Gasteiger partial charge in [-0.15, -0.1) is 0 Å². The first-order valence-corrected chi connectivity index (χ1v) is 7.79. The van der Waals surface area contributed by atoms with Gasteiger partial charge in [0.05, 0.1) is 13.7 Å². The van der Waals surface area contributed by atoms with E-state index in [0.29, 0.717) is 23.4 Å². The van der Waals surface area contributed by atoms with Crippen LogP contribution in [0.25, 0.3) is 0 Å². The average molecular weight is 291 g/mol. The highest BCUT2D eigenvalue weighted by Gasteiger charge is 2.60. The highest BCUT2D eigenvalue weighted by Crippen LogP contribution is 2.65. The number of hydrogen-bond acceptors (Lipinski definition) is 4. The summed E-state index contributed by atoms with van der Waals surface area (Å²) in [6.07, 6.45) is 3.90. The summed E-state index contributed by atoms with van der Waals surface area (Å²) in [5, 5.41) is 3.65. The zero-order valence-electron chi connectivity index (χ0n) is 13.4. The van der Waals surface area contributed by atoms with Gasteiger partial charge >= 0.3 is 5.97 Å². The average Bonchev–Trinajstić information content (AvgIpc) is 3.06. The van der Waals surface area contributed by atoms with Crippen molar-refractivity contribution in [3.63, 3.8) is 0 Å². The number of rotatable bonds is 4. The van der Waals surface area contributed by atoms with Crippen molar-refractivity contribution in [2.24, 2.45) is 16.7 Å². The molecule has 0 aromatic carbocycles. The molecule has 1 aromatic rings. The van der Waals surface area contributed by atoms with E-state index >= 15 is 0 Å². The first-order chi connectivity index (χ1) is 9.88. The van der Waals surface area contributed by atoms with Crippen LogP contribution in [0.4, 0.5) is 0 Å². The lowest BCUT2D eigenvalue weighted by Gasteiger charge is -2.39. The summed E-state index contributed by atoms with van der Waals surface area (Å²) >= 11 is 0. The number of fused-ring (bicyclic) bond motifs is 2. The van der Waals surface area contributed by atoms with E-state index in [-0.39, 0.29) is 5.76 Å². The molecule has 0 saturated heterocycles. The molecule has 3 atom stereocenters. The van der Waals surface area contributed by atoms with Crippen molar-refractivity contribution in [1.82, 2.24) is 5.32 Å². The quantitative estimate of drug-likeness (QED) is 0.864. The van der Waals surface area contributed by atoms with E-state index in [1.807, 2.05) is 6.07 Å². The molecule has 0 radical (unpaired) electrons. The molecule has 1 heterocycles. The smallest absolute Gasteiger partial charge is 0.373 e. The Morgan fingerprint density at radius 1 is 1.43 bits per heavy atom. The molecular formula is C17H25NO3. The van der Waals surface area contributed by atoms with Crippen molar-refractivity contribution in [3.05, 3.63) is 23.7 Å². The second kappa shape index (κ2) is 4.87. The lowest BCUT2D eigenvalue weighted by molar-refractivity contribution is 0.0562. The number of ether oxygens (including phenoxy) is 1. The third-order valence-electron chi connectivity index (χ3n) is 6.36. The summed E-state index contributed by atoms with van der Waals surface area (Å²) in [4.78, 5) is 11.4. The van der Waals surface area contributed by atoms with Gasteiger partial charge in [0, 0.05) is 6.04 Å². The molecule has 0 spiro atoms. The van der Waals surface area contributed by atoms with Gasteiger partial charge < -0.3 is 14.5 Å². The van der Waals surface area contributed by atoms with E-state index in [4.69, 9.17) is 4.42 Å². The van der Waals surface area contributed by atoms with Gasteiger partial charge in [-0.05, 0) is 48.1 Å². The second-order valence-corrected chi connectivity index (χ2v) is 7.30. The van der Waals surface area contributed by atoms with Crippen LogP contribution in [-0.2, 0) is 11.3 Å². The molecule has 2 aliphatic carbocycles. The predicted octanol–water partition coefficient (Wildman–Crippen LogP) is 3.37. The van der Waals surface area contributed by atoms with Crippen LogP contribution in [0.5, 0.6) is 0 Å². The van der Waals surface area contributed by atoms with Crippen LogP contribution in [-0.4, -0.2) is 19.1 Å². The van der Waals surface area contributed by atoms with Crippen LogP contribution < -0.4 is 5.32 Å². The van der Waals surface area contributed by atoms with E-state index < -0.39 is 5.97 Å². The van der Waals surface area contributed by atoms with Gasteiger partial charge in [-0.3, -0.25) is 0 Å². The summed E-state index contributed by atoms with van der Waals surface area (Å²) in [7, 11) is 1.36. The summed E-state index contributed by atoms with van der Waals surface area (Å²) in [6.45, 7) is 7.91. The minimum atomic E-state index is -0.422. The van der Waals surface area contributed by atoms with Crippen molar-refractivity contribution in [1.29, 1.82) is 0 Å². The zero-order chi connectivity index (χ0) is 15.3. The first kappa shape index (κ1) is 14.6. The molecule has 4 nitrogen and oxygen atoms in total. The van der Waals surface area contributed by atoms with Crippen molar-refractivity contribution in [2.75, 3.05) is 7.11 Å². The van der Waals surface area contributed by atoms with E-state index in [1.165, 1.54) is 26.4 Å². The monoisotopic (exact) mass is 291 g/mol. The lowest BCUT2D eigenvalue weighted by Crippen LogP contribution is -2.44.